The molecular formula is C8H13NO2. The highest BCUT2D eigenvalue weighted by atomic mass is 16.5. The Balaban J connectivity index is 2.72. The van der Waals surface area contributed by atoms with Gasteiger partial charge in [0.25, 0.3) is 0 Å². The van der Waals surface area contributed by atoms with Crippen LogP contribution in [0.4, 0.5) is 0 Å². The lowest BCUT2D eigenvalue weighted by molar-refractivity contribution is -0.129. The molecule has 1 amide bonds. The summed E-state index contributed by atoms with van der Waals surface area (Å²) >= 11 is 0. The smallest absolute Gasteiger partial charge is 0.248 e. The van der Waals surface area contributed by atoms with Crippen LogP contribution in [0, 0.1) is 0 Å². The first-order valence-corrected chi connectivity index (χ1v) is 3.60. The zero-order chi connectivity index (χ0) is 8.48. The summed E-state index contributed by atoms with van der Waals surface area (Å²) in [6.45, 7) is 8.36. The minimum atomic E-state index is -0.175. The van der Waals surface area contributed by atoms with Gasteiger partial charge >= 0.3 is 0 Å². The number of ether oxygens (including phenoxy) is 1. The lowest BCUT2D eigenvalue weighted by atomic mass is 10.1. The van der Waals surface area contributed by atoms with Gasteiger partial charge in [-0.2, -0.15) is 0 Å². The van der Waals surface area contributed by atoms with Crippen molar-refractivity contribution < 1.29 is 9.53 Å². The molecule has 0 unspecified atom stereocenters. The Kier molecular flexibility index (Phi) is 2.00. The van der Waals surface area contributed by atoms with Crippen molar-refractivity contribution in [2.24, 2.45) is 0 Å². The van der Waals surface area contributed by atoms with Gasteiger partial charge in [-0.3, -0.25) is 4.79 Å². The van der Waals surface area contributed by atoms with E-state index < -0.39 is 0 Å². The van der Waals surface area contributed by atoms with E-state index in [0.717, 1.165) is 0 Å². The summed E-state index contributed by atoms with van der Waals surface area (Å²) < 4.78 is 5.15. The highest BCUT2D eigenvalue weighted by molar-refractivity contribution is 5.87. The van der Waals surface area contributed by atoms with Crippen molar-refractivity contribution in [3.05, 3.63) is 12.7 Å². The Morgan fingerprint density at radius 2 is 2.36 bits per heavy atom. The molecule has 1 saturated heterocycles. The molecular weight excluding hydrogens is 142 g/mol. The third-order valence-electron chi connectivity index (χ3n) is 1.85. The first-order chi connectivity index (χ1) is 5.08. The fourth-order valence-electron chi connectivity index (χ4n) is 1.11. The van der Waals surface area contributed by atoms with Crippen LogP contribution in [0.1, 0.15) is 13.8 Å². The van der Waals surface area contributed by atoms with Gasteiger partial charge in [-0.05, 0) is 19.9 Å². The van der Waals surface area contributed by atoms with Crippen LogP contribution < -0.4 is 0 Å². The first-order valence-electron chi connectivity index (χ1n) is 3.60. The number of nitrogens with zero attached hydrogens (tertiary/aromatic N) is 1. The molecule has 0 saturated carbocycles. The van der Waals surface area contributed by atoms with E-state index in [-0.39, 0.29) is 11.4 Å². The molecule has 3 heteroatoms. The van der Waals surface area contributed by atoms with Gasteiger partial charge in [-0.25, -0.2) is 0 Å². The molecule has 0 spiro atoms. The van der Waals surface area contributed by atoms with Crippen LogP contribution in [0.15, 0.2) is 12.7 Å². The highest BCUT2D eigenvalue weighted by Gasteiger charge is 2.35. The average molecular weight is 155 g/mol. The minimum absolute atomic E-state index is 0.0625. The van der Waals surface area contributed by atoms with Gasteiger partial charge < -0.3 is 9.64 Å². The Morgan fingerprint density at radius 3 is 2.73 bits per heavy atom. The van der Waals surface area contributed by atoms with Crippen LogP contribution in [0.25, 0.3) is 0 Å². The van der Waals surface area contributed by atoms with Crippen molar-refractivity contribution >= 4 is 5.91 Å². The van der Waals surface area contributed by atoms with Crippen molar-refractivity contribution in [1.29, 1.82) is 0 Å². The molecule has 3 nitrogen and oxygen atoms in total. The summed E-state index contributed by atoms with van der Waals surface area (Å²) in [6.07, 6.45) is 1.32. The molecule has 0 radical (unpaired) electrons. The van der Waals surface area contributed by atoms with E-state index in [1.54, 1.807) is 4.90 Å². The SMILES string of the molecule is C=CC(=O)N1COCC1(C)C. The lowest BCUT2D eigenvalue weighted by Crippen LogP contribution is -2.43. The van der Waals surface area contributed by atoms with Gasteiger partial charge in [0, 0.05) is 0 Å². The number of amides is 1. The molecule has 0 aromatic heterocycles. The van der Waals surface area contributed by atoms with Crippen LogP contribution in [0.3, 0.4) is 0 Å². The molecule has 0 bridgehead atoms. The molecule has 0 atom stereocenters. The largest absolute Gasteiger partial charge is 0.359 e. The molecule has 0 N–H and O–H groups in total. The Hall–Kier alpha value is -0.830. The van der Waals surface area contributed by atoms with Gasteiger partial charge in [0.05, 0.1) is 12.1 Å². The maximum absolute atomic E-state index is 11.2. The second-order valence-electron chi connectivity index (χ2n) is 3.26. The Bertz CT molecular complexity index is 187. The van der Waals surface area contributed by atoms with Gasteiger partial charge in [0.2, 0.25) is 5.91 Å². The van der Waals surface area contributed by atoms with Crippen LogP contribution in [0.2, 0.25) is 0 Å². The third-order valence-corrected chi connectivity index (χ3v) is 1.85. The summed E-state index contributed by atoms with van der Waals surface area (Å²) in [5, 5.41) is 0. The standard InChI is InChI=1S/C8H13NO2/c1-4-7(10)9-6-11-5-8(9,2)3/h4H,1,5-6H2,2-3H3. The maximum Gasteiger partial charge on any atom is 0.248 e. The lowest BCUT2D eigenvalue weighted by Gasteiger charge is -2.27. The molecule has 62 valence electrons. The first kappa shape index (κ1) is 8.27. The summed E-state index contributed by atoms with van der Waals surface area (Å²) in [7, 11) is 0. The van der Waals surface area contributed by atoms with Gasteiger partial charge in [-0.15, -0.1) is 0 Å². The molecule has 1 aliphatic heterocycles. The van der Waals surface area contributed by atoms with Crippen molar-refractivity contribution in [2.75, 3.05) is 13.3 Å². The molecule has 1 heterocycles. The highest BCUT2D eigenvalue weighted by Crippen LogP contribution is 2.21. The maximum atomic E-state index is 11.2. The minimum Gasteiger partial charge on any atom is -0.359 e. The van der Waals surface area contributed by atoms with Crippen molar-refractivity contribution in [2.45, 2.75) is 19.4 Å². The number of hydrogen-bond donors (Lipinski definition) is 0. The van der Waals surface area contributed by atoms with E-state index in [9.17, 15) is 4.79 Å². The monoisotopic (exact) mass is 155 g/mol. The fraction of sp³-hybridized carbons (Fsp3) is 0.625. The Labute approximate surface area is 66.6 Å². The molecule has 0 aliphatic carbocycles. The van der Waals surface area contributed by atoms with Crippen molar-refractivity contribution in [1.82, 2.24) is 4.90 Å². The van der Waals surface area contributed by atoms with Crippen LogP contribution in [-0.4, -0.2) is 29.7 Å². The topological polar surface area (TPSA) is 29.5 Å². The molecule has 0 aromatic rings. The fourth-order valence-corrected chi connectivity index (χ4v) is 1.11. The second kappa shape index (κ2) is 2.66. The molecule has 1 aliphatic rings. The zero-order valence-corrected chi connectivity index (χ0v) is 6.96. The van der Waals surface area contributed by atoms with Gasteiger partial charge in [0.15, 0.2) is 0 Å². The summed E-state index contributed by atoms with van der Waals surface area (Å²) in [6, 6.07) is 0. The number of carbonyl (C=O) groups is 1. The molecule has 1 rings (SSSR count). The van der Waals surface area contributed by atoms with Crippen molar-refractivity contribution in [3.8, 4) is 0 Å². The molecule has 11 heavy (non-hydrogen) atoms. The number of hydrogen-bond acceptors (Lipinski definition) is 2. The summed E-state index contributed by atoms with van der Waals surface area (Å²) in [4.78, 5) is 12.8. The molecule has 1 fully saturated rings. The van der Waals surface area contributed by atoms with Crippen LogP contribution in [-0.2, 0) is 9.53 Å². The van der Waals surface area contributed by atoms with Crippen LogP contribution >= 0.6 is 0 Å². The normalized spacial score (nSPS) is 21.8. The molecule has 0 aromatic carbocycles. The van der Waals surface area contributed by atoms with E-state index in [4.69, 9.17) is 4.74 Å². The van der Waals surface area contributed by atoms with Crippen LogP contribution in [0.5, 0.6) is 0 Å². The number of rotatable bonds is 1. The Morgan fingerprint density at radius 1 is 1.73 bits per heavy atom. The van der Waals surface area contributed by atoms with Crippen molar-refractivity contribution in [3.63, 3.8) is 0 Å². The van der Waals surface area contributed by atoms with E-state index in [0.29, 0.717) is 13.3 Å². The predicted molar refractivity (Wildman–Crippen MR) is 41.9 cm³/mol. The summed E-state index contributed by atoms with van der Waals surface area (Å²) in [5.41, 5.74) is -0.175. The average Bonchev–Trinajstić information content (AvgIpc) is 2.28. The van der Waals surface area contributed by atoms with E-state index in [1.165, 1.54) is 6.08 Å². The zero-order valence-electron chi connectivity index (χ0n) is 6.96. The van der Waals surface area contributed by atoms with E-state index in [1.807, 2.05) is 13.8 Å². The van der Waals surface area contributed by atoms with E-state index in [2.05, 4.69) is 6.58 Å². The predicted octanol–water partition coefficient (Wildman–Crippen LogP) is 0.767. The second-order valence-corrected chi connectivity index (χ2v) is 3.26. The summed E-state index contributed by atoms with van der Waals surface area (Å²) in [5.74, 6) is -0.0625. The van der Waals surface area contributed by atoms with Gasteiger partial charge in [0.1, 0.15) is 6.73 Å². The third kappa shape index (κ3) is 1.43. The number of carbonyl (C=O) groups excluding carboxylic acids is 1. The van der Waals surface area contributed by atoms with Gasteiger partial charge in [-0.1, -0.05) is 6.58 Å². The van der Waals surface area contributed by atoms with E-state index >= 15 is 0 Å². The quantitative estimate of drug-likeness (QED) is 0.523.